The Morgan fingerprint density at radius 2 is 1.63 bits per heavy atom. The largest absolute Gasteiger partial charge is 0.349 e. The molecule has 0 bridgehead atoms. The molecule has 1 N–H and O–H groups in total. The quantitative estimate of drug-likeness (QED) is 0.720. The molecule has 2 aromatic rings. The minimum absolute atomic E-state index is 0.0185. The van der Waals surface area contributed by atoms with E-state index in [0.29, 0.717) is 30.8 Å². The molecular formula is C24H32N2O3S. The highest BCUT2D eigenvalue weighted by atomic mass is 32.2. The van der Waals surface area contributed by atoms with Gasteiger partial charge in [0.1, 0.15) is 0 Å². The van der Waals surface area contributed by atoms with Crippen LogP contribution in [-0.2, 0) is 21.2 Å². The molecule has 6 heteroatoms. The van der Waals surface area contributed by atoms with Crippen molar-refractivity contribution in [1.82, 2.24) is 9.62 Å². The third-order valence-corrected chi connectivity index (χ3v) is 7.83. The molecule has 1 saturated heterocycles. The molecule has 1 atom stereocenters. The van der Waals surface area contributed by atoms with Gasteiger partial charge in [0.25, 0.3) is 0 Å². The first-order chi connectivity index (χ1) is 14.3. The number of benzene rings is 2. The molecule has 1 amide bonds. The zero-order valence-electron chi connectivity index (χ0n) is 18.0. The van der Waals surface area contributed by atoms with Crippen LogP contribution in [0.4, 0.5) is 0 Å². The Morgan fingerprint density at radius 1 is 1.03 bits per heavy atom. The van der Waals surface area contributed by atoms with Gasteiger partial charge in [-0.2, -0.15) is 4.31 Å². The van der Waals surface area contributed by atoms with Gasteiger partial charge in [-0.1, -0.05) is 63.2 Å². The summed E-state index contributed by atoms with van der Waals surface area (Å²) in [5, 5.41) is 3.22. The molecule has 0 aromatic heterocycles. The maximum atomic E-state index is 13.0. The zero-order valence-corrected chi connectivity index (χ0v) is 18.9. The first-order valence-electron chi connectivity index (χ1n) is 10.8. The Morgan fingerprint density at radius 3 is 2.17 bits per heavy atom. The lowest BCUT2D eigenvalue weighted by molar-refractivity contribution is -0.127. The predicted molar refractivity (Wildman–Crippen MR) is 119 cm³/mol. The fourth-order valence-corrected chi connectivity index (χ4v) is 5.46. The summed E-state index contributed by atoms with van der Waals surface area (Å²) >= 11 is 0. The fraction of sp³-hybridized carbons (Fsp3) is 0.458. The molecule has 5 nitrogen and oxygen atoms in total. The summed E-state index contributed by atoms with van der Waals surface area (Å²) in [7, 11) is -3.50. The van der Waals surface area contributed by atoms with E-state index in [0.717, 1.165) is 12.0 Å². The van der Waals surface area contributed by atoms with Gasteiger partial charge in [-0.15, -0.1) is 0 Å². The fourth-order valence-electron chi connectivity index (χ4n) is 3.97. The van der Waals surface area contributed by atoms with E-state index in [-0.39, 0.29) is 23.8 Å². The number of amides is 1. The van der Waals surface area contributed by atoms with Crippen molar-refractivity contribution in [2.24, 2.45) is 11.8 Å². The molecule has 3 rings (SSSR count). The number of hydrogen-bond donors (Lipinski definition) is 1. The standard InChI is InChI=1S/C24H32N2O3S/c1-4-19-10-12-20(13-11-19)23(18(2)3)25-24(27)21-14-16-26(17-15-21)30(28,29)22-8-6-5-7-9-22/h5-13,18,21,23H,4,14-17H2,1-3H3,(H,25,27). The zero-order chi connectivity index (χ0) is 21.7. The Balaban J connectivity index is 1.62. The van der Waals surface area contributed by atoms with Gasteiger partial charge < -0.3 is 5.32 Å². The molecule has 1 heterocycles. The number of rotatable bonds is 7. The maximum Gasteiger partial charge on any atom is 0.243 e. The van der Waals surface area contributed by atoms with Crippen LogP contribution in [-0.4, -0.2) is 31.7 Å². The van der Waals surface area contributed by atoms with Crippen molar-refractivity contribution in [3.8, 4) is 0 Å². The summed E-state index contributed by atoms with van der Waals surface area (Å²) in [6, 6.07) is 16.9. The molecule has 0 aliphatic carbocycles. The summed E-state index contributed by atoms with van der Waals surface area (Å²) in [6.07, 6.45) is 2.07. The SMILES string of the molecule is CCc1ccc(C(NC(=O)C2CCN(S(=O)(=O)c3ccccc3)CC2)C(C)C)cc1. The number of piperidine rings is 1. The molecule has 0 saturated carbocycles. The summed E-state index contributed by atoms with van der Waals surface area (Å²) in [5.74, 6) is 0.119. The average molecular weight is 429 g/mol. The molecule has 2 aromatic carbocycles. The number of carbonyl (C=O) groups excluding carboxylic acids is 1. The van der Waals surface area contributed by atoms with Crippen molar-refractivity contribution in [2.75, 3.05) is 13.1 Å². The third kappa shape index (κ3) is 5.10. The van der Waals surface area contributed by atoms with E-state index < -0.39 is 10.0 Å². The number of nitrogens with one attached hydrogen (secondary N) is 1. The van der Waals surface area contributed by atoms with E-state index in [1.807, 2.05) is 0 Å². The van der Waals surface area contributed by atoms with E-state index in [9.17, 15) is 13.2 Å². The highest BCUT2D eigenvalue weighted by molar-refractivity contribution is 7.89. The van der Waals surface area contributed by atoms with Gasteiger partial charge in [-0.25, -0.2) is 8.42 Å². The number of sulfonamides is 1. The smallest absolute Gasteiger partial charge is 0.243 e. The topological polar surface area (TPSA) is 66.5 Å². The Labute approximate surface area is 180 Å². The van der Waals surface area contributed by atoms with Crippen LogP contribution in [0, 0.1) is 11.8 Å². The lowest BCUT2D eigenvalue weighted by Gasteiger charge is -2.32. The molecular weight excluding hydrogens is 396 g/mol. The molecule has 0 radical (unpaired) electrons. The van der Waals surface area contributed by atoms with Gasteiger partial charge in [0.2, 0.25) is 15.9 Å². The normalized spacial score (nSPS) is 17.1. The van der Waals surface area contributed by atoms with E-state index in [2.05, 4.69) is 50.4 Å². The van der Waals surface area contributed by atoms with Crippen molar-refractivity contribution >= 4 is 15.9 Å². The molecule has 1 unspecified atom stereocenters. The van der Waals surface area contributed by atoms with Crippen molar-refractivity contribution < 1.29 is 13.2 Å². The highest BCUT2D eigenvalue weighted by Gasteiger charge is 2.33. The monoisotopic (exact) mass is 428 g/mol. The van der Waals surface area contributed by atoms with Gasteiger partial charge in [-0.3, -0.25) is 4.79 Å². The van der Waals surface area contributed by atoms with E-state index >= 15 is 0 Å². The first-order valence-corrected chi connectivity index (χ1v) is 12.2. The van der Waals surface area contributed by atoms with Crippen LogP contribution >= 0.6 is 0 Å². The molecule has 30 heavy (non-hydrogen) atoms. The summed E-state index contributed by atoms with van der Waals surface area (Å²) in [5.41, 5.74) is 2.39. The molecule has 1 aliphatic heterocycles. The van der Waals surface area contributed by atoms with E-state index in [1.165, 1.54) is 9.87 Å². The minimum atomic E-state index is -3.50. The number of nitrogens with zero attached hydrogens (tertiary/aromatic N) is 1. The Hall–Kier alpha value is -2.18. The van der Waals surface area contributed by atoms with Crippen LogP contribution in [0.1, 0.15) is 50.8 Å². The average Bonchev–Trinajstić information content (AvgIpc) is 2.78. The van der Waals surface area contributed by atoms with E-state index in [1.54, 1.807) is 30.3 Å². The van der Waals surface area contributed by atoms with Crippen LogP contribution in [0.25, 0.3) is 0 Å². The minimum Gasteiger partial charge on any atom is -0.349 e. The van der Waals surface area contributed by atoms with Crippen molar-refractivity contribution in [3.05, 3.63) is 65.7 Å². The maximum absolute atomic E-state index is 13.0. The van der Waals surface area contributed by atoms with Crippen LogP contribution in [0.5, 0.6) is 0 Å². The van der Waals surface area contributed by atoms with Crippen LogP contribution in [0.15, 0.2) is 59.5 Å². The number of carbonyl (C=O) groups is 1. The number of hydrogen-bond acceptors (Lipinski definition) is 3. The lowest BCUT2D eigenvalue weighted by Crippen LogP contribution is -2.44. The van der Waals surface area contributed by atoms with Crippen LogP contribution in [0.3, 0.4) is 0 Å². The third-order valence-electron chi connectivity index (χ3n) is 5.92. The second-order valence-corrected chi connectivity index (χ2v) is 10.3. The Kier molecular flexibility index (Phi) is 7.32. The molecule has 0 spiro atoms. The molecule has 1 fully saturated rings. The number of aryl methyl sites for hydroxylation is 1. The van der Waals surface area contributed by atoms with Crippen molar-refractivity contribution in [2.45, 2.75) is 51.0 Å². The second kappa shape index (κ2) is 9.75. The van der Waals surface area contributed by atoms with E-state index in [4.69, 9.17) is 0 Å². The van der Waals surface area contributed by atoms with Gasteiger partial charge >= 0.3 is 0 Å². The lowest BCUT2D eigenvalue weighted by atomic mass is 9.92. The molecule has 1 aliphatic rings. The Bertz CT molecular complexity index is 932. The summed E-state index contributed by atoms with van der Waals surface area (Å²) in [4.78, 5) is 13.3. The van der Waals surface area contributed by atoms with Crippen LogP contribution < -0.4 is 5.32 Å². The van der Waals surface area contributed by atoms with Gasteiger partial charge in [0, 0.05) is 19.0 Å². The van der Waals surface area contributed by atoms with Gasteiger partial charge in [0.05, 0.1) is 10.9 Å². The summed E-state index contributed by atoms with van der Waals surface area (Å²) in [6.45, 7) is 7.07. The van der Waals surface area contributed by atoms with Gasteiger partial charge in [-0.05, 0) is 48.4 Å². The van der Waals surface area contributed by atoms with Crippen molar-refractivity contribution in [1.29, 1.82) is 0 Å². The highest BCUT2D eigenvalue weighted by Crippen LogP contribution is 2.27. The second-order valence-electron chi connectivity index (χ2n) is 8.32. The predicted octanol–water partition coefficient (Wildman–Crippen LogP) is 4.16. The summed E-state index contributed by atoms with van der Waals surface area (Å²) < 4.78 is 27.1. The van der Waals surface area contributed by atoms with Crippen LogP contribution in [0.2, 0.25) is 0 Å². The van der Waals surface area contributed by atoms with Gasteiger partial charge in [0.15, 0.2) is 0 Å². The first kappa shape index (κ1) is 22.5. The van der Waals surface area contributed by atoms with Crippen molar-refractivity contribution in [3.63, 3.8) is 0 Å². The molecule has 162 valence electrons.